The number of carboxylic acids is 1. The maximum atomic E-state index is 10.7. The second kappa shape index (κ2) is 5.49. The van der Waals surface area contributed by atoms with Gasteiger partial charge in [0.2, 0.25) is 5.01 Å². The van der Waals surface area contributed by atoms with E-state index in [9.17, 15) is 4.79 Å². The van der Waals surface area contributed by atoms with Crippen molar-refractivity contribution in [2.24, 2.45) is 0 Å². The van der Waals surface area contributed by atoms with Crippen molar-refractivity contribution in [1.82, 2.24) is 4.98 Å². The van der Waals surface area contributed by atoms with E-state index < -0.39 is 5.97 Å². The molecule has 1 aromatic carbocycles. The Balaban J connectivity index is 2.07. The van der Waals surface area contributed by atoms with Crippen molar-refractivity contribution in [3.05, 3.63) is 44.3 Å². The average molecular weight is 327 g/mol. The number of nitrogens with zero attached hydrogens (tertiary/aromatic N) is 1. The molecule has 1 aromatic heterocycles. The van der Waals surface area contributed by atoms with E-state index in [1.165, 1.54) is 0 Å². The number of carboxylic acid groups (broad SMARTS) is 1. The molecule has 0 fully saturated rings. The smallest absolute Gasteiger partial charge is 0.365 e. The van der Waals surface area contributed by atoms with Crippen LogP contribution in [0, 0.1) is 6.92 Å². The Hall–Kier alpha value is -1.40. The van der Waals surface area contributed by atoms with Crippen LogP contribution in [0.5, 0.6) is 0 Å². The van der Waals surface area contributed by atoms with Crippen molar-refractivity contribution in [3.63, 3.8) is 0 Å². The van der Waals surface area contributed by atoms with Crippen LogP contribution >= 0.6 is 27.3 Å². The van der Waals surface area contributed by atoms with Gasteiger partial charge in [-0.2, -0.15) is 0 Å². The van der Waals surface area contributed by atoms with Gasteiger partial charge in [0.25, 0.3) is 0 Å². The Morgan fingerprint density at radius 2 is 2.33 bits per heavy atom. The van der Waals surface area contributed by atoms with Gasteiger partial charge in [-0.3, -0.25) is 0 Å². The minimum Gasteiger partial charge on any atom is -0.476 e. The van der Waals surface area contributed by atoms with Crippen LogP contribution < -0.4 is 5.32 Å². The van der Waals surface area contributed by atoms with Crippen LogP contribution in [0.1, 0.15) is 21.1 Å². The fraction of sp³-hybridized carbons (Fsp3) is 0.167. The molecule has 2 rings (SSSR count). The largest absolute Gasteiger partial charge is 0.476 e. The highest BCUT2D eigenvalue weighted by atomic mass is 79.9. The van der Waals surface area contributed by atoms with Gasteiger partial charge in [-0.05, 0) is 34.5 Å². The molecule has 0 unspecified atom stereocenters. The maximum absolute atomic E-state index is 10.7. The zero-order valence-corrected chi connectivity index (χ0v) is 12.0. The Morgan fingerprint density at radius 1 is 1.56 bits per heavy atom. The zero-order valence-electron chi connectivity index (χ0n) is 9.61. The van der Waals surface area contributed by atoms with Crippen LogP contribution in [0.15, 0.2) is 28.1 Å². The number of carbonyl (C=O) groups is 1. The van der Waals surface area contributed by atoms with E-state index in [0.29, 0.717) is 6.54 Å². The first-order valence-electron chi connectivity index (χ1n) is 5.24. The van der Waals surface area contributed by atoms with Crippen molar-refractivity contribution >= 4 is 38.9 Å². The lowest BCUT2D eigenvalue weighted by Crippen LogP contribution is -2.02. The lowest BCUT2D eigenvalue weighted by atomic mass is 10.2. The fourth-order valence-corrected chi connectivity index (χ4v) is 2.52. The third-order valence-electron chi connectivity index (χ3n) is 2.39. The van der Waals surface area contributed by atoms with Crippen LogP contribution in [0.2, 0.25) is 0 Å². The van der Waals surface area contributed by atoms with Crippen LogP contribution in [-0.4, -0.2) is 16.1 Å². The predicted molar refractivity (Wildman–Crippen MR) is 75.3 cm³/mol. The molecule has 2 aromatic rings. The highest BCUT2D eigenvalue weighted by Crippen LogP contribution is 2.26. The second-order valence-electron chi connectivity index (χ2n) is 3.74. The number of thiazole rings is 1. The number of anilines is 1. The minimum absolute atomic E-state index is 0.120. The molecule has 1 heterocycles. The summed E-state index contributed by atoms with van der Waals surface area (Å²) in [6, 6.07) is 5.94. The topological polar surface area (TPSA) is 62.2 Å². The molecule has 2 N–H and O–H groups in total. The molecular weight excluding hydrogens is 316 g/mol. The van der Waals surface area contributed by atoms with Gasteiger partial charge in [-0.25, -0.2) is 9.78 Å². The molecule has 0 spiro atoms. The van der Waals surface area contributed by atoms with Crippen molar-refractivity contribution in [1.29, 1.82) is 0 Å². The van der Waals surface area contributed by atoms with Gasteiger partial charge >= 0.3 is 5.97 Å². The number of aromatic carboxylic acids is 1. The Kier molecular flexibility index (Phi) is 3.98. The average Bonchev–Trinajstić information content (AvgIpc) is 2.80. The summed E-state index contributed by atoms with van der Waals surface area (Å²) in [5, 5.41) is 13.9. The zero-order chi connectivity index (χ0) is 13.1. The Morgan fingerprint density at radius 3 is 3.00 bits per heavy atom. The molecule has 0 saturated carbocycles. The second-order valence-corrected chi connectivity index (χ2v) is 5.39. The van der Waals surface area contributed by atoms with Crippen molar-refractivity contribution in [3.8, 4) is 0 Å². The van der Waals surface area contributed by atoms with E-state index in [2.05, 4.69) is 26.2 Å². The highest BCUT2D eigenvalue weighted by Gasteiger charge is 2.09. The number of rotatable bonds is 4. The summed E-state index contributed by atoms with van der Waals surface area (Å²) in [6.07, 6.45) is 0. The maximum Gasteiger partial charge on any atom is 0.365 e. The summed E-state index contributed by atoms with van der Waals surface area (Å²) >= 11 is 4.65. The van der Waals surface area contributed by atoms with Crippen LogP contribution in [0.3, 0.4) is 0 Å². The number of aryl methyl sites for hydroxylation is 1. The third kappa shape index (κ3) is 2.88. The molecule has 0 saturated heterocycles. The van der Waals surface area contributed by atoms with E-state index >= 15 is 0 Å². The van der Waals surface area contributed by atoms with Gasteiger partial charge in [0.1, 0.15) is 0 Å². The van der Waals surface area contributed by atoms with E-state index in [1.807, 2.05) is 25.1 Å². The first kappa shape index (κ1) is 13.0. The monoisotopic (exact) mass is 326 g/mol. The molecule has 0 aliphatic rings. The standard InChI is InChI=1S/C12H11BrN2O2S/c1-7-3-2-4-9(10(7)13)14-5-8-6-18-11(15-8)12(16)17/h2-4,6,14H,5H2,1H3,(H,16,17). The molecule has 6 heteroatoms. The molecule has 94 valence electrons. The summed E-state index contributed by atoms with van der Waals surface area (Å²) in [5.41, 5.74) is 2.84. The van der Waals surface area contributed by atoms with E-state index in [0.717, 1.165) is 32.8 Å². The van der Waals surface area contributed by atoms with E-state index in [1.54, 1.807) is 5.38 Å². The van der Waals surface area contributed by atoms with Gasteiger partial charge < -0.3 is 10.4 Å². The summed E-state index contributed by atoms with van der Waals surface area (Å²) in [7, 11) is 0. The van der Waals surface area contributed by atoms with Crippen molar-refractivity contribution in [2.45, 2.75) is 13.5 Å². The van der Waals surface area contributed by atoms with Crippen molar-refractivity contribution in [2.75, 3.05) is 5.32 Å². The summed E-state index contributed by atoms with van der Waals surface area (Å²) in [4.78, 5) is 14.7. The SMILES string of the molecule is Cc1cccc(NCc2csc(C(=O)O)n2)c1Br. The van der Waals surface area contributed by atoms with Gasteiger partial charge in [0.05, 0.1) is 12.2 Å². The quantitative estimate of drug-likeness (QED) is 0.902. The normalized spacial score (nSPS) is 10.3. The number of hydrogen-bond acceptors (Lipinski definition) is 4. The fourth-order valence-electron chi connectivity index (χ4n) is 1.46. The molecule has 18 heavy (non-hydrogen) atoms. The number of hydrogen-bond donors (Lipinski definition) is 2. The molecule has 0 bridgehead atoms. The lowest BCUT2D eigenvalue weighted by Gasteiger charge is -2.08. The van der Waals surface area contributed by atoms with Gasteiger partial charge in [-0.15, -0.1) is 11.3 Å². The van der Waals surface area contributed by atoms with E-state index in [4.69, 9.17) is 5.11 Å². The number of halogens is 1. The summed E-state index contributed by atoms with van der Waals surface area (Å²) in [6.45, 7) is 2.52. The van der Waals surface area contributed by atoms with Gasteiger partial charge in [0.15, 0.2) is 0 Å². The predicted octanol–water partition coefficient (Wildman–Crippen LogP) is 3.52. The molecule has 0 radical (unpaired) electrons. The lowest BCUT2D eigenvalue weighted by molar-refractivity contribution is 0.0696. The number of aromatic nitrogens is 1. The summed E-state index contributed by atoms with van der Waals surface area (Å²) < 4.78 is 1.01. The van der Waals surface area contributed by atoms with Crippen LogP contribution in [0.4, 0.5) is 5.69 Å². The third-order valence-corrected chi connectivity index (χ3v) is 4.32. The molecule has 4 nitrogen and oxygen atoms in total. The molecular formula is C12H11BrN2O2S. The Labute approximate surface area is 117 Å². The Bertz CT molecular complexity index is 583. The van der Waals surface area contributed by atoms with Gasteiger partial charge in [-0.1, -0.05) is 12.1 Å². The van der Waals surface area contributed by atoms with Crippen LogP contribution in [0.25, 0.3) is 0 Å². The van der Waals surface area contributed by atoms with Crippen molar-refractivity contribution < 1.29 is 9.90 Å². The minimum atomic E-state index is -0.983. The number of benzene rings is 1. The van der Waals surface area contributed by atoms with Gasteiger partial charge in [0, 0.05) is 15.5 Å². The summed E-state index contributed by atoms with van der Waals surface area (Å²) in [5.74, 6) is -0.983. The molecule has 0 atom stereocenters. The number of nitrogens with one attached hydrogen (secondary N) is 1. The van der Waals surface area contributed by atoms with E-state index in [-0.39, 0.29) is 5.01 Å². The first-order valence-corrected chi connectivity index (χ1v) is 6.92. The highest BCUT2D eigenvalue weighted by molar-refractivity contribution is 9.10. The first-order chi connectivity index (χ1) is 8.58. The van der Waals surface area contributed by atoms with Crippen LogP contribution in [-0.2, 0) is 6.54 Å². The molecule has 0 amide bonds. The molecule has 0 aliphatic carbocycles. The molecule has 0 aliphatic heterocycles.